The van der Waals surface area contributed by atoms with Crippen molar-refractivity contribution in [2.24, 2.45) is 0 Å². The molecule has 1 unspecified atom stereocenters. The maximum Gasteiger partial charge on any atom is 0.316 e. The number of carboxylic acids is 1. The minimum absolute atomic E-state index is 0.171. The smallest absolute Gasteiger partial charge is 0.316 e. The van der Waals surface area contributed by atoms with E-state index in [0.29, 0.717) is 26.7 Å². The highest BCUT2D eigenvalue weighted by Crippen LogP contribution is 2.23. The van der Waals surface area contributed by atoms with Crippen molar-refractivity contribution in [3.63, 3.8) is 0 Å². The van der Waals surface area contributed by atoms with Crippen LogP contribution in [-0.2, 0) is 17.8 Å². The zero-order valence-corrected chi connectivity index (χ0v) is 20.4. The number of rotatable bonds is 9. The van der Waals surface area contributed by atoms with E-state index < -0.39 is 11.2 Å². The largest absolute Gasteiger partial charge is 0.480 e. The second-order valence-electron chi connectivity index (χ2n) is 7.72. The van der Waals surface area contributed by atoms with E-state index >= 15 is 0 Å². The molecular weight excluding hydrogens is 493 g/mol. The van der Waals surface area contributed by atoms with Gasteiger partial charge in [-0.1, -0.05) is 64.8 Å². The molecule has 0 saturated carbocycles. The molecule has 0 bridgehead atoms. The van der Waals surface area contributed by atoms with Crippen LogP contribution in [-0.4, -0.2) is 37.1 Å². The topological polar surface area (TPSA) is 85.1 Å². The molecule has 6 nitrogen and oxygen atoms in total. The van der Waals surface area contributed by atoms with Crippen molar-refractivity contribution in [3.8, 4) is 11.1 Å². The summed E-state index contributed by atoms with van der Waals surface area (Å²) in [5.41, 5.74) is 3.42. The van der Waals surface area contributed by atoms with Crippen LogP contribution in [0.25, 0.3) is 22.0 Å². The lowest BCUT2D eigenvalue weighted by Crippen LogP contribution is -2.27. The number of carbonyl (C=O) groups is 1. The molecule has 3 aromatic carbocycles. The zero-order valence-electron chi connectivity index (χ0n) is 18.0. The molecule has 0 aliphatic carbocycles. The molecule has 4 rings (SSSR count). The first kappa shape index (κ1) is 24.3. The summed E-state index contributed by atoms with van der Waals surface area (Å²) in [4.78, 5) is 24.4. The van der Waals surface area contributed by atoms with Gasteiger partial charge in [0, 0.05) is 16.6 Å². The normalized spacial score (nSPS) is 12.1. The third-order valence-electron chi connectivity index (χ3n) is 5.40. The average molecular weight is 514 g/mol. The van der Waals surface area contributed by atoms with E-state index in [1.54, 1.807) is 18.2 Å². The van der Waals surface area contributed by atoms with E-state index in [1.807, 2.05) is 24.3 Å². The van der Waals surface area contributed by atoms with Crippen LogP contribution in [0.4, 0.5) is 0 Å². The second kappa shape index (κ2) is 11.0. The number of carboxylic acid groups (broad SMARTS) is 1. The number of fused-ring (bicyclic) bond motifs is 1. The molecule has 1 atom stereocenters. The van der Waals surface area contributed by atoms with Gasteiger partial charge in [0.2, 0.25) is 0 Å². The van der Waals surface area contributed by atoms with Gasteiger partial charge in [-0.2, -0.15) is 0 Å². The predicted molar refractivity (Wildman–Crippen MR) is 138 cm³/mol. The molecule has 34 heavy (non-hydrogen) atoms. The Kier molecular flexibility index (Phi) is 7.88. The van der Waals surface area contributed by atoms with Crippen LogP contribution in [0.15, 0.2) is 71.5 Å². The first-order valence-corrected chi connectivity index (χ1v) is 12.4. The third kappa shape index (κ3) is 5.97. The molecule has 1 N–H and O–H groups in total. The van der Waals surface area contributed by atoms with Crippen molar-refractivity contribution >= 4 is 51.8 Å². The Morgan fingerprint density at radius 2 is 1.62 bits per heavy atom. The molecule has 174 valence electrons. The first-order valence-electron chi connectivity index (χ1n) is 10.6. The highest BCUT2D eigenvalue weighted by atomic mass is 35.5. The summed E-state index contributed by atoms with van der Waals surface area (Å²) in [5.74, 6) is -0.259. The van der Waals surface area contributed by atoms with Crippen molar-refractivity contribution < 1.29 is 9.90 Å². The fraction of sp³-hybridized carbons (Fsp3) is 0.200. The Balaban J connectivity index is 1.33. The number of thioether (sulfide) groups is 1. The van der Waals surface area contributed by atoms with Gasteiger partial charge in [-0.3, -0.25) is 9.59 Å². The molecule has 1 aromatic heterocycles. The minimum Gasteiger partial charge on any atom is -0.480 e. The molecule has 0 amide bonds. The minimum atomic E-state index is -0.906. The molecular formula is C25H21Cl2N3O3S. The van der Waals surface area contributed by atoms with E-state index in [0.717, 1.165) is 23.1 Å². The van der Waals surface area contributed by atoms with Crippen molar-refractivity contribution in [2.45, 2.75) is 24.6 Å². The summed E-state index contributed by atoms with van der Waals surface area (Å²) in [6, 6.07) is 20.7. The summed E-state index contributed by atoms with van der Waals surface area (Å²) in [6.07, 6.45) is 1.01. The van der Waals surface area contributed by atoms with Crippen molar-refractivity contribution in [1.29, 1.82) is 0 Å². The van der Waals surface area contributed by atoms with Crippen molar-refractivity contribution in [1.82, 2.24) is 15.0 Å². The number of benzene rings is 3. The Morgan fingerprint density at radius 1 is 0.971 bits per heavy atom. The Morgan fingerprint density at radius 3 is 2.29 bits per heavy atom. The molecule has 9 heteroatoms. The van der Waals surface area contributed by atoms with E-state index in [2.05, 4.69) is 34.6 Å². The van der Waals surface area contributed by atoms with Gasteiger partial charge in [0.15, 0.2) is 0 Å². The number of nitrogens with zero attached hydrogens (tertiary/aromatic N) is 3. The number of aryl methyl sites for hydroxylation is 2. The van der Waals surface area contributed by atoms with Crippen LogP contribution >= 0.6 is 35.0 Å². The second-order valence-corrected chi connectivity index (χ2v) is 9.90. The lowest BCUT2D eigenvalue weighted by atomic mass is 10.0. The maximum absolute atomic E-state index is 12.6. The van der Waals surface area contributed by atoms with Gasteiger partial charge in [0.1, 0.15) is 10.8 Å². The SMILES string of the molecule is O=C(O)C(CCn1nnc2cc(Cl)ccc2c1=O)SCCc1ccc(-c2ccc(Cl)cc2)cc1. The number of aliphatic carboxylic acids is 1. The van der Waals surface area contributed by atoms with Gasteiger partial charge in [0.05, 0.1) is 5.39 Å². The van der Waals surface area contributed by atoms with Gasteiger partial charge in [-0.25, -0.2) is 4.68 Å². The predicted octanol–water partition coefficient (Wildman–Crippen LogP) is 5.58. The molecule has 0 radical (unpaired) electrons. The van der Waals surface area contributed by atoms with Gasteiger partial charge in [-0.05, 0) is 65.6 Å². The van der Waals surface area contributed by atoms with Gasteiger partial charge in [0.25, 0.3) is 5.56 Å². The fourth-order valence-corrected chi connectivity index (χ4v) is 4.88. The van der Waals surface area contributed by atoms with Gasteiger partial charge < -0.3 is 5.11 Å². The van der Waals surface area contributed by atoms with E-state index in [1.165, 1.54) is 16.4 Å². The van der Waals surface area contributed by atoms with Crippen LogP contribution in [0.1, 0.15) is 12.0 Å². The lowest BCUT2D eigenvalue weighted by molar-refractivity contribution is -0.136. The highest BCUT2D eigenvalue weighted by Gasteiger charge is 2.19. The van der Waals surface area contributed by atoms with E-state index in [4.69, 9.17) is 23.2 Å². The summed E-state index contributed by atoms with van der Waals surface area (Å²) in [5, 5.41) is 18.5. The maximum atomic E-state index is 12.6. The van der Waals surface area contributed by atoms with Gasteiger partial charge >= 0.3 is 5.97 Å². The van der Waals surface area contributed by atoms with E-state index in [-0.39, 0.29) is 18.5 Å². The summed E-state index contributed by atoms with van der Waals surface area (Å²) in [6.45, 7) is 0.171. The monoisotopic (exact) mass is 513 g/mol. The highest BCUT2D eigenvalue weighted by molar-refractivity contribution is 8.00. The summed E-state index contributed by atoms with van der Waals surface area (Å²) >= 11 is 13.2. The molecule has 0 saturated heterocycles. The lowest BCUT2D eigenvalue weighted by Gasteiger charge is -2.13. The standard InChI is InChI=1S/C25H21Cl2N3O3S/c26-19-7-5-18(6-8-19)17-3-1-16(2-4-17)12-14-34-23(25(32)33)11-13-30-24(31)21-10-9-20(27)15-22(21)28-29-30/h1-10,15,23H,11-14H2,(H,32,33). The summed E-state index contributed by atoms with van der Waals surface area (Å²) < 4.78 is 1.21. The Hall–Kier alpha value is -2.87. The van der Waals surface area contributed by atoms with Crippen molar-refractivity contribution in [3.05, 3.63) is 92.7 Å². The molecule has 4 aromatic rings. The Labute approximate surface area is 210 Å². The van der Waals surface area contributed by atoms with Gasteiger partial charge in [-0.15, -0.1) is 16.9 Å². The van der Waals surface area contributed by atoms with Crippen LogP contribution in [0.5, 0.6) is 0 Å². The Bertz CT molecular complexity index is 1360. The number of halogens is 2. The zero-order chi connectivity index (χ0) is 24.1. The van der Waals surface area contributed by atoms with Crippen LogP contribution in [0.3, 0.4) is 0 Å². The average Bonchev–Trinajstić information content (AvgIpc) is 2.83. The van der Waals surface area contributed by atoms with Crippen molar-refractivity contribution in [2.75, 3.05) is 5.75 Å². The quantitative estimate of drug-likeness (QED) is 0.314. The third-order valence-corrected chi connectivity index (χ3v) is 7.17. The fourth-order valence-electron chi connectivity index (χ4n) is 3.54. The van der Waals surface area contributed by atoms with Crippen LogP contribution in [0.2, 0.25) is 10.0 Å². The molecule has 0 spiro atoms. The first-order chi connectivity index (χ1) is 16.4. The van der Waals surface area contributed by atoms with E-state index in [9.17, 15) is 14.7 Å². The number of aromatic nitrogens is 3. The number of hydrogen-bond acceptors (Lipinski definition) is 5. The van der Waals surface area contributed by atoms with Crippen LogP contribution < -0.4 is 5.56 Å². The number of hydrogen-bond donors (Lipinski definition) is 1. The summed E-state index contributed by atoms with van der Waals surface area (Å²) in [7, 11) is 0. The molecule has 1 heterocycles. The molecule has 0 aliphatic heterocycles. The molecule has 0 aliphatic rings. The van der Waals surface area contributed by atoms with Crippen LogP contribution in [0, 0.1) is 0 Å². The molecule has 0 fully saturated rings.